The van der Waals surface area contributed by atoms with Crippen LogP contribution in [0.1, 0.15) is 36.6 Å². The molecule has 2 aromatic carbocycles. The van der Waals surface area contributed by atoms with Crippen LogP contribution in [0, 0.1) is 5.92 Å². The van der Waals surface area contributed by atoms with Gasteiger partial charge in [0.05, 0.1) is 6.10 Å². The minimum atomic E-state index is -0.361. The molecule has 3 rings (SSSR count). The van der Waals surface area contributed by atoms with Crippen LogP contribution in [0.2, 0.25) is 0 Å². The van der Waals surface area contributed by atoms with E-state index in [9.17, 15) is 5.11 Å². The number of aliphatic hydroxyl groups excluding tert-OH is 1. The zero-order valence-electron chi connectivity index (χ0n) is 10.4. The molecule has 1 heteroatoms. The summed E-state index contributed by atoms with van der Waals surface area (Å²) in [5, 5.41) is 12.9. The summed E-state index contributed by atoms with van der Waals surface area (Å²) in [7, 11) is 0. The summed E-state index contributed by atoms with van der Waals surface area (Å²) < 4.78 is 0. The van der Waals surface area contributed by atoms with Gasteiger partial charge < -0.3 is 5.11 Å². The highest BCUT2D eigenvalue weighted by Gasteiger charge is 2.20. The lowest BCUT2D eigenvalue weighted by Gasteiger charge is -2.18. The van der Waals surface area contributed by atoms with Gasteiger partial charge in [-0.3, -0.25) is 0 Å². The topological polar surface area (TPSA) is 20.2 Å². The highest BCUT2D eigenvalue weighted by Crippen LogP contribution is 2.36. The van der Waals surface area contributed by atoms with Crippen molar-refractivity contribution in [1.29, 1.82) is 0 Å². The molecule has 1 atom stereocenters. The van der Waals surface area contributed by atoms with Crippen LogP contribution in [0.5, 0.6) is 0 Å². The van der Waals surface area contributed by atoms with Crippen molar-refractivity contribution in [2.75, 3.05) is 0 Å². The first-order chi connectivity index (χ1) is 8.18. The van der Waals surface area contributed by atoms with Crippen molar-refractivity contribution in [3.05, 3.63) is 47.0 Å². The van der Waals surface area contributed by atoms with E-state index in [1.54, 1.807) is 0 Å². The summed E-state index contributed by atoms with van der Waals surface area (Å²) in [6.45, 7) is 4.13. The molecule has 0 saturated heterocycles. The van der Waals surface area contributed by atoms with E-state index in [2.05, 4.69) is 44.2 Å². The van der Waals surface area contributed by atoms with Crippen LogP contribution in [0.15, 0.2) is 30.3 Å². The Labute approximate surface area is 102 Å². The van der Waals surface area contributed by atoms with Crippen LogP contribution in [-0.4, -0.2) is 5.11 Å². The van der Waals surface area contributed by atoms with Gasteiger partial charge in [-0.05, 0) is 46.2 Å². The summed E-state index contributed by atoms with van der Waals surface area (Å²) in [6.07, 6.45) is 1.93. The van der Waals surface area contributed by atoms with E-state index in [0.717, 1.165) is 18.4 Å². The minimum absolute atomic E-state index is 0.258. The van der Waals surface area contributed by atoms with E-state index in [1.165, 1.54) is 21.9 Å². The Morgan fingerprint density at radius 2 is 1.71 bits per heavy atom. The number of aliphatic hydroxyl groups is 1. The number of benzene rings is 2. The molecule has 88 valence electrons. The van der Waals surface area contributed by atoms with Crippen LogP contribution in [0.4, 0.5) is 0 Å². The fourth-order valence-corrected chi connectivity index (χ4v) is 2.89. The standard InChI is InChI=1S/C16H18O/c1-10(2)16(17)14-9-8-12-7-6-11-4-3-5-13(14)15(11)12/h3-5,8-10,16-17H,6-7H2,1-2H3. The highest BCUT2D eigenvalue weighted by molar-refractivity contribution is 5.93. The van der Waals surface area contributed by atoms with Gasteiger partial charge in [0.25, 0.3) is 0 Å². The molecule has 0 radical (unpaired) electrons. The van der Waals surface area contributed by atoms with E-state index in [0.29, 0.717) is 0 Å². The molecule has 0 amide bonds. The molecular weight excluding hydrogens is 208 g/mol. The van der Waals surface area contributed by atoms with Crippen molar-refractivity contribution in [2.45, 2.75) is 32.8 Å². The quantitative estimate of drug-likeness (QED) is 0.829. The summed E-state index contributed by atoms with van der Waals surface area (Å²) in [5.41, 5.74) is 3.97. The van der Waals surface area contributed by atoms with E-state index >= 15 is 0 Å². The zero-order valence-corrected chi connectivity index (χ0v) is 10.4. The van der Waals surface area contributed by atoms with Gasteiger partial charge in [-0.2, -0.15) is 0 Å². The monoisotopic (exact) mass is 226 g/mol. The minimum Gasteiger partial charge on any atom is -0.388 e. The lowest BCUT2D eigenvalue weighted by atomic mass is 9.92. The van der Waals surface area contributed by atoms with Crippen LogP contribution in [0.25, 0.3) is 10.8 Å². The van der Waals surface area contributed by atoms with Crippen molar-refractivity contribution in [3.63, 3.8) is 0 Å². The Hall–Kier alpha value is -1.34. The molecule has 0 spiro atoms. The molecule has 1 aliphatic carbocycles. The Bertz CT molecular complexity index is 559. The third kappa shape index (κ3) is 1.57. The SMILES string of the molecule is CC(C)C(O)c1ccc2c3c(cccc13)CC2. The number of rotatable bonds is 2. The molecule has 0 bridgehead atoms. The first kappa shape index (κ1) is 10.8. The van der Waals surface area contributed by atoms with Gasteiger partial charge in [0.2, 0.25) is 0 Å². The van der Waals surface area contributed by atoms with Crippen molar-refractivity contribution in [1.82, 2.24) is 0 Å². The third-order valence-corrected chi connectivity index (χ3v) is 3.86. The first-order valence-corrected chi connectivity index (χ1v) is 6.40. The molecule has 1 aliphatic rings. The normalized spacial score (nSPS) is 15.8. The summed E-state index contributed by atoms with van der Waals surface area (Å²) in [5.74, 6) is 0.258. The smallest absolute Gasteiger partial charge is 0.0818 e. The van der Waals surface area contributed by atoms with Gasteiger partial charge in [0.1, 0.15) is 0 Å². The van der Waals surface area contributed by atoms with Crippen molar-refractivity contribution in [3.8, 4) is 0 Å². The van der Waals surface area contributed by atoms with E-state index in [-0.39, 0.29) is 12.0 Å². The van der Waals surface area contributed by atoms with Crippen molar-refractivity contribution < 1.29 is 5.11 Å². The molecular formula is C16H18O. The molecule has 1 N–H and O–H groups in total. The van der Waals surface area contributed by atoms with Crippen LogP contribution >= 0.6 is 0 Å². The fourth-order valence-electron chi connectivity index (χ4n) is 2.89. The third-order valence-electron chi connectivity index (χ3n) is 3.86. The van der Waals surface area contributed by atoms with Gasteiger partial charge >= 0.3 is 0 Å². The van der Waals surface area contributed by atoms with Crippen LogP contribution < -0.4 is 0 Å². The molecule has 1 nitrogen and oxygen atoms in total. The lowest BCUT2D eigenvalue weighted by molar-refractivity contribution is 0.128. The van der Waals surface area contributed by atoms with Gasteiger partial charge in [0.15, 0.2) is 0 Å². The molecule has 17 heavy (non-hydrogen) atoms. The average molecular weight is 226 g/mol. The zero-order chi connectivity index (χ0) is 12.0. The maximum absolute atomic E-state index is 10.3. The largest absolute Gasteiger partial charge is 0.388 e. The molecule has 0 aliphatic heterocycles. The highest BCUT2D eigenvalue weighted by atomic mass is 16.3. The summed E-state index contributed by atoms with van der Waals surface area (Å²) >= 11 is 0. The average Bonchev–Trinajstić information content (AvgIpc) is 2.74. The van der Waals surface area contributed by atoms with Crippen LogP contribution in [0.3, 0.4) is 0 Å². The molecule has 0 saturated carbocycles. The molecule has 0 aromatic heterocycles. The maximum Gasteiger partial charge on any atom is 0.0818 e. The number of hydrogen-bond acceptors (Lipinski definition) is 1. The fraction of sp³-hybridized carbons (Fsp3) is 0.375. The van der Waals surface area contributed by atoms with E-state index in [4.69, 9.17) is 0 Å². The Kier molecular flexibility index (Phi) is 2.44. The summed E-state index contributed by atoms with van der Waals surface area (Å²) in [6, 6.07) is 10.8. The van der Waals surface area contributed by atoms with Crippen molar-refractivity contribution in [2.24, 2.45) is 5.92 Å². The predicted octanol–water partition coefficient (Wildman–Crippen LogP) is 3.63. The second-order valence-corrected chi connectivity index (χ2v) is 5.34. The maximum atomic E-state index is 10.3. The molecule has 2 aromatic rings. The second kappa shape index (κ2) is 3.85. The van der Waals surface area contributed by atoms with Gasteiger partial charge in [-0.25, -0.2) is 0 Å². The molecule has 0 heterocycles. The Balaban J connectivity index is 2.29. The van der Waals surface area contributed by atoms with Gasteiger partial charge in [-0.15, -0.1) is 0 Å². The van der Waals surface area contributed by atoms with Crippen molar-refractivity contribution >= 4 is 10.8 Å². The van der Waals surface area contributed by atoms with E-state index in [1.807, 2.05) is 0 Å². The van der Waals surface area contributed by atoms with Gasteiger partial charge in [-0.1, -0.05) is 44.2 Å². The Morgan fingerprint density at radius 1 is 1.00 bits per heavy atom. The lowest BCUT2D eigenvalue weighted by Crippen LogP contribution is -2.06. The molecule has 0 fully saturated rings. The van der Waals surface area contributed by atoms with Crippen LogP contribution in [-0.2, 0) is 12.8 Å². The second-order valence-electron chi connectivity index (χ2n) is 5.34. The Morgan fingerprint density at radius 3 is 2.41 bits per heavy atom. The molecule has 1 unspecified atom stereocenters. The first-order valence-electron chi connectivity index (χ1n) is 6.40. The summed E-state index contributed by atoms with van der Waals surface area (Å²) in [4.78, 5) is 0. The number of aryl methyl sites for hydroxylation is 2. The predicted molar refractivity (Wildman–Crippen MR) is 71.2 cm³/mol. The van der Waals surface area contributed by atoms with Gasteiger partial charge in [0, 0.05) is 0 Å². The number of hydrogen-bond donors (Lipinski definition) is 1. The van der Waals surface area contributed by atoms with E-state index < -0.39 is 0 Å².